The van der Waals surface area contributed by atoms with Crippen LogP contribution >= 0.6 is 0 Å². The van der Waals surface area contributed by atoms with E-state index in [9.17, 15) is 4.79 Å². The molecular weight excluding hydrogens is 262 g/mol. The van der Waals surface area contributed by atoms with E-state index in [0.29, 0.717) is 5.56 Å². The minimum atomic E-state index is -0.0475. The zero-order valence-corrected chi connectivity index (χ0v) is 12.3. The Bertz CT molecular complexity index is 652. The number of carbonyl (C=O) groups excluding carboxylic acids is 1. The molecule has 0 aliphatic carbocycles. The second kappa shape index (κ2) is 5.60. The number of benzene rings is 2. The van der Waals surface area contributed by atoms with Gasteiger partial charge in [-0.1, -0.05) is 30.3 Å². The van der Waals surface area contributed by atoms with Crippen molar-refractivity contribution in [3.8, 4) is 5.75 Å². The predicted molar refractivity (Wildman–Crippen MR) is 82.6 cm³/mol. The number of rotatable bonds is 3. The highest BCUT2D eigenvalue weighted by atomic mass is 16.5. The Morgan fingerprint density at radius 3 is 2.76 bits per heavy atom. The average Bonchev–Trinajstić information content (AvgIpc) is 2.87. The summed E-state index contributed by atoms with van der Waals surface area (Å²) in [4.78, 5) is 12.4. The summed E-state index contributed by atoms with van der Waals surface area (Å²) in [6.07, 6.45) is 1.06. The molecule has 0 radical (unpaired) electrons. The first-order chi connectivity index (χ1) is 10.1. The SMILES string of the molecule is C[C@@H]1Cc2cc(C(=O)N[C@H](C)c3ccccc3)ccc2O1. The van der Waals surface area contributed by atoms with Crippen molar-refractivity contribution in [3.63, 3.8) is 0 Å². The maximum Gasteiger partial charge on any atom is 0.251 e. The number of fused-ring (bicyclic) bond motifs is 1. The highest BCUT2D eigenvalue weighted by Gasteiger charge is 2.20. The van der Waals surface area contributed by atoms with E-state index in [1.165, 1.54) is 0 Å². The van der Waals surface area contributed by atoms with Gasteiger partial charge in [0.25, 0.3) is 5.91 Å². The van der Waals surface area contributed by atoms with Gasteiger partial charge in [0.1, 0.15) is 11.9 Å². The number of nitrogens with one attached hydrogen (secondary N) is 1. The Morgan fingerprint density at radius 1 is 1.24 bits per heavy atom. The highest BCUT2D eigenvalue weighted by Crippen LogP contribution is 2.29. The molecular formula is C18H19NO2. The third-order valence-electron chi connectivity index (χ3n) is 3.81. The lowest BCUT2D eigenvalue weighted by atomic mass is 10.1. The number of hydrogen-bond donors (Lipinski definition) is 1. The van der Waals surface area contributed by atoms with Crippen LogP contribution < -0.4 is 10.1 Å². The molecule has 3 rings (SSSR count). The molecule has 1 N–H and O–H groups in total. The molecule has 0 fully saturated rings. The maximum atomic E-state index is 12.4. The first-order valence-electron chi connectivity index (χ1n) is 7.29. The molecule has 0 aromatic heterocycles. The van der Waals surface area contributed by atoms with Gasteiger partial charge in [-0.25, -0.2) is 0 Å². The van der Waals surface area contributed by atoms with E-state index in [4.69, 9.17) is 4.74 Å². The molecule has 3 heteroatoms. The summed E-state index contributed by atoms with van der Waals surface area (Å²) in [5.41, 5.74) is 2.90. The molecule has 0 spiro atoms. The predicted octanol–water partition coefficient (Wildman–Crippen LogP) is 3.50. The molecule has 0 unspecified atom stereocenters. The van der Waals surface area contributed by atoms with Gasteiger partial charge >= 0.3 is 0 Å². The second-order valence-corrected chi connectivity index (χ2v) is 5.56. The van der Waals surface area contributed by atoms with Gasteiger partial charge in [-0.2, -0.15) is 0 Å². The second-order valence-electron chi connectivity index (χ2n) is 5.56. The van der Waals surface area contributed by atoms with Crippen molar-refractivity contribution in [1.82, 2.24) is 5.32 Å². The van der Waals surface area contributed by atoms with E-state index < -0.39 is 0 Å². The Hall–Kier alpha value is -2.29. The van der Waals surface area contributed by atoms with Crippen molar-refractivity contribution in [2.24, 2.45) is 0 Å². The molecule has 1 heterocycles. The zero-order valence-electron chi connectivity index (χ0n) is 12.3. The van der Waals surface area contributed by atoms with Crippen LogP contribution in [0.4, 0.5) is 0 Å². The monoisotopic (exact) mass is 281 g/mol. The van der Waals surface area contributed by atoms with Gasteiger partial charge in [-0.15, -0.1) is 0 Å². The Morgan fingerprint density at radius 2 is 2.00 bits per heavy atom. The van der Waals surface area contributed by atoms with Crippen LogP contribution in [0.15, 0.2) is 48.5 Å². The number of carbonyl (C=O) groups is 1. The van der Waals surface area contributed by atoms with E-state index in [2.05, 4.69) is 5.32 Å². The Labute approximate surface area is 124 Å². The van der Waals surface area contributed by atoms with Gasteiger partial charge in [0.2, 0.25) is 0 Å². The van der Waals surface area contributed by atoms with Crippen molar-refractivity contribution in [3.05, 3.63) is 65.2 Å². The van der Waals surface area contributed by atoms with Crippen LogP contribution in [-0.2, 0) is 6.42 Å². The molecule has 2 aromatic carbocycles. The van der Waals surface area contributed by atoms with Crippen molar-refractivity contribution >= 4 is 5.91 Å². The molecule has 0 bridgehead atoms. The minimum Gasteiger partial charge on any atom is -0.490 e. The molecule has 108 valence electrons. The van der Waals surface area contributed by atoms with Gasteiger partial charge in [-0.3, -0.25) is 4.79 Å². The van der Waals surface area contributed by atoms with Gasteiger partial charge in [0, 0.05) is 12.0 Å². The topological polar surface area (TPSA) is 38.3 Å². The van der Waals surface area contributed by atoms with Crippen LogP contribution in [0.25, 0.3) is 0 Å². The van der Waals surface area contributed by atoms with E-state index in [-0.39, 0.29) is 18.1 Å². The number of ether oxygens (including phenoxy) is 1. The fraction of sp³-hybridized carbons (Fsp3) is 0.278. The lowest BCUT2D eigenvalue weighted by Crippen LogP contribution is -2.26. The van der Waals surface area contributed by atoms with Crippen LogP contribution in [0.2, 0.25) is 0 Å². The van der Waals surface area contributed by atoms with Crippen LogP contribution in [0.5, 0.6) is 5.75 Å². The minimum absolute atomic E-state index is 0.0119. The fourth-order valence-corrected chi connectivity index (χ4v) is 2.67. The lowest BCUT2D eigenvalue weighted by Gasteiger charge is -2.14. The summed E-state index contributed by atoms with van der Waals surface area (Å²) in [6, 6.07) is 15.6. The van der Waals surface area contributed by atoms with Crippen LogP contribution in [0.3, 0.4) is 0 Å². The molecule has 1 aliphatic rings. The normalized spacial score (nSPS) is 17.7. The average molecular weight is 281 g/mol. The largest absolute Gasteiger partial charge is 0.490 e. The van der Waals surface area contributed by atoms with Gasteiger partial charge < -0.3 is 10.1 Å². The van der Waals surface area contributed by atoms with Gasteiger partial charge in [0.05, 0.1) is 6.04 Å². The van der Waals surface area contributed by atoms with Crippen LogP contribution in [0.1, 0.15) is 41.4 Å². The van der Waals surface area contributed by atoms with Crippen molar-refractivity contribution in [1.29, 1.82) is 0 Å². The summed E-state index contributed by atoms with van der Waals surface area (Å²) in [7, 11) is 0. The quantitative estimate of drug-likeness (QED) is 0.935. The number of amides is 1. The Kier molecular flexibility index (Phi) is 3.65. The first-order valence-corrected chi connectivity index (χ1v) is 7.29. The maximum absolute atomic E-state index is 12.4. The Balaban J connectivity index is 1.73. The van der Waals surface area contributed by atoms with Gasteiger partial charge in [-0.05, 0) is 43.2 Å². The smallest absolute Gasteiger partial charge is 0.251 e. The third kappa shape index (κ3) is 2.92. The molecule has 21 heavy (non-hydrogen) atoms. The fourth-order valence-electron chi connectivity index (χ4n) is 2.67. The summed E-state index contributed by atoms with van der Waals surface area (Å²) in [6.45, 7) is 4.03. The molecule has 2 aromatic rings. The van der Waals surface area contributed by atoms with Crippen LogP contribution in [0, 0.1) is 0 Å². The molecule has 1 aliphatic heterocycles. The molecule has 2 atom stereocenters. The molecule has 3 nitrogen and oxygen atoms in total. The van der Waals surface area contributed by atoms with Crippen molar-refractivity contribution < 1.29 is 9.53 Å². The third-order valence-corrected chi connectivity index (χ3v) is 3.81. The number of hydrogen-bond acceptors (Lipinski definition) is 2. The van der Waals surface area contributed by atoms with E-state index in [1.807, 2.05) is 62.4 Å². The summed E-state index contributed by atoms with van der Waals surface area (Å²) >= 11 is 0. The van der Waals surface area contributed by atoms with Gasteiger partial charge in [0.15, 0.2) is 0 Å². The summed E-state index contributed by atoms with van der Waals surface area (Å²) in [5, 5.41) is 3.04. The summed E-state index contributed by atoms with van der Waals surface area (Å²) < 4.78 is 5.66. The van der Waals surface area contributed by atoms with E-state index >= 15 is 0 Å². The lowest BCUT2D eigenvalue weighted by molar-refractivity contribution is 0.0940. The van der Waals surface area contributed by atoms with Crippen molar-refractivity contribution in [2.75, 3.05) is 0 Å². The molecule has 1 amide bonds. The standard InChI is InChI=1S/C18H19NO2/c1-12-10-16-11-15(8-9-17(16)21-12)18(20)19-13(2)14-6-4-3-5-7-14/h3-9,11-13H,10H2,1-2H3,(H,19,20)/t12-,13-/m1/s1. The first kappa shape index (κ1) is 13.7. The molecule has 0 saturated heterocycles. The molecule has 0 saturated carbocycles. The van der Waals surface area contributed by atoms with E-state index in [1.54, 1.807) is 0 Å². The highest BCUT2D eigenvalue weighted by molar-refractivity contribution is 5.94. The van der Waals surface area contributed by atoms with E-state index in [0.717, 1.165) is 23.3 Å². The zero-order chi connectivity index (χ0) is 14.8. The van der Waals surface area contributed by atoms with Crippen molar-refractivity contribution in [2.45, 2.75) is 32.4 Å². The van der Waals surface area contributed by atoms with Crippen LogP contribution in [-0.4, -0.2) is 12.0 Å². The summed E-state index contributed by atoms with van der Waals surface area (Å²) in [5.74, 6) is 0.851.